The van der Waals surface area contributed by atoms with E-state index >= 15 is 0 Å². The number of anilines is 1. The second kappa shape index (κ2) is 5.81. The average molecular weight is 394 g/mol. The van der Waals surface area contributed by atoms with E-state index in [4.69, 9.17) is 16.3 Å². The first-order valence-corrected chi connectivity index (χ1v) is 6.77. The largest absolute Gasteiger partial charge is 0.423 e. The smallest absolute Gasteiger partial charge is 0.328 e. The Morgan fingerprint density at radius 2 is 2.00 bits per heavy atom. The van der Waals surface area contributed by atoms with E-state index in [1.54, 1.807) is 13.1 Å². The zero-order valence-electron chi connectivity index (χ0n) is 9.12. The minimum atomic E-state index is 0.0672. The van der Waals surface area contributed by atoms with Gasteiger partial charge in [-0.3, -0.25) is 0 Å². The number of ether oxygens (including phenoxy) is 1. The standard InChI is InChI=1S/C10H7Br2ClN4O/c1-14-9-15-8(13)16-10(17-9)18-7-3-2-5(11)4-6(7)12/h2-4H,1H3,(H,14,15,16,17). The fourth-order valence-electron chi connectivity index (χ4n) is 1.15. The van der Waals surface area contributed by atoms with Crippen molar-refractivity contribution >= 4 is 49.4 Å². The third kappa shape index (κ3) is 3.30. The van der Waals surface area contributed by atoms with E-state index in [-0.39, 0.29) is 11.3 Å². The van der Waals surface area contributed by atoms with E-state index in [0.29, 0.717) is 11.7 Å². The minimum absolute atomic E-state index is 0.0672. The molecule has 1 N–H and O–H groups in total. The van der Waals surface area contributed by atoms with E-state index in [0.717, 1.165) is 8.95 Å². The lowest BCUT2D eigenvalue weighted by Gasteiger charge is -2.07. The molecule has 5 nitrogen and oxygen atoms in total. The summed E-state index contributed by atoms with van der Waals surface area (Å²) in [5.41, 5.74) is 0. The molecule has 0 aliphatic carbocycles. The zero-order valence-corrected chi connectivity index (χ0v) is 13.0. The second-order valence-corrected chi connectivity index (χ2v) is 5.25. The quantitative estimate of drug-likeness (QED) is 0.856. The molecule has 0 atom stereocenters. The van der Waals surface area contributed by atoms with Crippen LogP contribution in [0, 0.1) is 0 Å². The molecule has 1 heterocycles. The summed E-state index contributed by atoms with van der Waals surface area (Å²) in [7, 11) is 1.69. The number of benzene rings is 1. The van der Waals surface area contributed by atoms with Crippen molar-refractivity contribution in [3.8, 4) is 11.8 Å². The molecule has 18 heavy (non-hydrogen) atoms. The summed E-state index contributed by atoms with van der Waals surface area (Å²) in [4.78, 5) is 11.8. The molecule has 94 valence electrons. The molecule has 0 saturated carbocycles. The van der Waals surface area contributed by atoms with Crippen LogP contribution in [0.25, 0.3) is 0 Å². The maximum atomic E-state index is 5.76. The molecule has 1 aromatic carbocycles. The number of rotatable bonds is 3. The summed E-state index contributed by atoms with van der Waals surface area (Å²) >= 11 is 12.5. The topological polar surface area (TPSA) is 59.9 Å². The van der Waals surface area contributed by atoms with Gasteiger partial charge < -0.3 is 10.1 Å². The molecule has 0 spiro atoms. The zero-order chi connectivity index (χ0) is 13.1. The van der Waals surface area contributed by atoms with Crippen molar-refractivity contribution in [3.63, 3.8) is 0 Å². The first-order valence-electron chi connectivity index (χ1n) is 4.80. The molecule has 0 aliphatic rings. The predicted octanol–water partition coefficient (Wildman–Crippen LogP) is 3.88. The normalized spacial score (nSPS) is 10.2. The Balaban J connectivity index is 2.30. The summed E-state index contributed by atoms with van der Waals surface area (Å²) in [5, 5.41) is 2.84. The van der Waals surface area contributed by atoms with Gasteiger partial charge in [-0.1, -0.05) is 15.9 Å². The van der Waals surface area contributed by atoms with Gasteiger partial charge in [-0.25, -0.2) is 0 Å². The van der Waals surface area contributed by atoms with Gasteiger partial charge in [0.15, 0.2) is 0 Å². The maximum Gasteiger partial charge on any atom is 0.328 e. The molecule has 2 rings (SSSR count). The fraction of sp³-hybridized carbons (Fsp3) is 0.100. The van der Waals surface area contributed by atoms with Crippen LogP contribution in [0.5, 0.6) is 11.8 Å². The van der Waals surface area contributed by atoms with Crippen molar-refractivity contribution in [2.75, 3.05) is 12.4 Å². The first-order chi connectivity index (χ1) is 8.58. The molecular formula is C10H7Br2ClN4O. The third-order valence-electron chi connectivity index (χ3n) is 1.91. The van der Waals surface area contributed by atoms with Crippen molar-refractivity contribution in [2.24, 2.45) is 0 Å². The van der Waals surface area contributed by atoms with Gasteiger partial charge in [-0.2, -0.15) is 15.0 Å². The monoisotopic (exact) mass is 392 g/mol. The van der Waals surface area contributed by atoms with Crippen LogP contribution in [-0.2, 0) is 0 Å². The molecule has 0 unspecified atom stereocenters. The lowest BCUT2D eigenvalue weighted by atomic mass is 10.3. The van der Waals surface area contributed by atoms with Crippen molar-refractivity contribution in [1.82, 2.24) is 15.0 Å². The lowest BCUT2D eigenvalue weighted by molar-refractivity contribution is 0.438. The third-order valence-corrected chi connectivity index (χ3v) is 3.19. The van der Waals surface area contributed by atoms with Gasteiger partial charge in [0, 0.05) is 11.5 Å². The highest BCUT2D eigenvalue weighted by atomic mass is 79.9. The lowest BCUT2D eigenvalue weighted by Crippen LogP contribution is -2.01. The second-order valence-electron chi connectivity index (χ2n) is 3.14. The van der Waals surface area contributed by atoms with Crippen LogP contribution in [0.4, 0.5) is 5.95 Å². The summed E-state index contributed by atoms with van der Waals surface area (Å²) in [6.07, 6.45) is 0. The molecule has 0 radical (unpaired) electrons. The highest BCUT2D eigenvalue weighted by Crippen LogP contribution is 2.31. The number of halogens is 3. The highest BCUT2D eigenvalue weighted by molar-refractivity contribution is 9.11. The molecule has 0 amide bonds. The van der Waals surface area contributed by atoms with Crippen molar-refractivity contribution in [3.05, 3.63) is 32.4 Å². The average Bonchev–Trinajstić information content (AvgIpc) is 2.32. The molecule has 2 aromatic rings. The molecular weight excluding hydrogens is 387 g/mol. The fourth-order valence-corrected chi connectivity index (χ4v) is 2.43. The molecule has 0 fully saturated rings. The maximum absolute atomic E-state index is 5.76. The van der Waals surface area contributed by atoms with Gasteiger partial charge in [0.2, 0.25) is 11.2 Å². The Morgan fingerprint density at radius 3 is 2.67 bits per heavy atom. The Kier molecular flexibility index (Phi) is 4.36. The van der Waals surface area contributed by atoms with Crippen LogP contribution in [-0.4, -0.2) is 22.0 Å². The van der Waals surface area contributed by atoms with Gasteiger partial charge >= 0.3 is 6.01 Å². The van der Waals surface area contributed by atoms with Crippen LogP contribution in [0.3, 0.4) is 0 Å². The van der Waals surface area contributed by atoms with Gasteiger partial charge in [0.1, 0.15) is 5.75 Å². The van der Waals surface area contributed by atoms with E-state index in [1.807, 2.05) is 12.1 Å². The van der Waals surface area contributed by atoms with E-state index < -0.39 is 0 Å². The summed E-state index contributed by atoms with van der Waals surface area (Å²) < 4.78 is 7.25. The Morgan fingerprint density at radius 1 is 1.22 bits per heavy atom. The van der Waals surface area contributed by atoms with E-state index in [2.05, 4.69) is 52.1 Å². The van der Waals surface area contributed by atoms with Gasteiger partial charge in [0.25, 0.3) is 0 Å². The minimum Gasteiger partial charge on any atom is -0.423 e. The highest BCUT2D eigenvalue weighted by Gasteiger charge is 2.08. The molecule has 0 bridgehead atoms. The van der Waals surface area contributed by atoms with Gasteiger partial charge in [0.05, 0.1) is 4.47 Å². The van der Waals surface area contributed by atoms with Gasteiger partial charge in [-0.15, -0.1) is 0 Å². The number of nitrogens with zero attached hydrogens (tertiary/aromatic N) is 3. The first kappa shape index (κ1) is 13.5. The molecule has 0 saturated heterocycles. The van der Waals surface area contributed by atoms with Crippen LogP contribution < -0.4 is 10.1 Å². The Bertz CT molecular complexity index is 582. The Hall–Kier alpha value is -0.920. The molecule has 8 heteroatoms. The van der Waals surface area contributed by atoms with Crippen molar-refractivity contribution in [1.29, 1.82) is 0 Å². The van der Waals surface area contributed by atoms with E-state index in [9.17, 15) is 0 Å². The van der Waals surface area contributed by atoms with Crippen molar-refractivity contribution in [2.45, 2.75) is 0 Å². The van der Waals surface area contributed by atoms with Crippen LogP contribution in [0.1, 0.15) is 0 Å². The van der Waals surface area contributed by atoms with Crippen LogP contribution in [0.2, 0.25) is 5.28 Å². The van der Waals surface area contributed by atoms with Gasteiger partial charge in [-0.05, 0) is 45.7 Å². The number of hydrogen-bond donors (Lipinski definition) is 1. The Labute approximate surface area is 125 Å². The van der Waals surface area contributed by atoms with E-state index in [1.165, 1.54) is 0 Å². The van der Waals surface area contributed by atoms with Crippen LogP contribution >= 0.6 is 43.5 Å². The predicted molar refractivity (Wildman–Crippen MR) is 76.3 cm³/mol. The number of nitrogens with one attached hydrogen (secondary N) is 1. The molecule has 1 aromatic heterocycles. The summed E-state index contributed by atoms with van der Waals surface area (Å²) in [5.74, 6) is 0.931. The van der Waals surface area contributed by atoms with Crippen LogP contribution in [0.15, 0.2) is 27.1 Å². The number of hydrogen-bond acceptors (Lipinski definition) is 5. The summed E-state index contributed by atoms with van der Waals surface area (Å²) in [6.45, 7) is 0. The molecule has 0 aliphatic heterocycles. The SMILES string of the molecule is CNc1nc(Cl)nc(Oc2ccc(Br)cc2Br)n1. The summed E-state index contributed by atoms with van der Waals surface area (Å²) in [6, 6.07) is 5.62. The number of aromatic nitrogens is 3. The van der Waals surface area contributed by atoms with Crippen molar-refractivity contribution < 1.29 is 4.74 Å².